The Kier molecular flexibility index (Phi) is 4.46. The molecule has 1 amide bonds. The van der Waals surface area contributed by atoms with Gasteiger partial charge < -0.3 is 19.7 Å². The van der Waals surface area contributed by atoms with E-state index in [1.54, 1.807) is 6.07 Å². The summed E-state index contributed by atoms with van der Waals surface area (Å²) in [4.78, 5) is 14.9. The van der Waals surface area contributed by atoms with Crippen LogP contribution in [0.1, 0.15) is 16.8 Å². The maximum Gasteiger partial charge on any atom is 0.255 e. The second kappa shape index (κ2) is 7.05. The Morgan fingerprint density at radius 2 is 1.92 bits per heavy atom. The van der Waals surface area contributed by atoms with Gasteiger partial charge >= 0.3 is 0 Å². The number of amides is 1. The summed E-state index contributed by atoms with van der Waals surface area (Å²) in [6.07, 6.45) is 1.09. The molecule has 1 fully saturated rings. The Morgan fingerprint density at radius 1 is 1.08 bits per heavy atom. The van der Waals surface area contributed by atoms with Gasteiger partial charge in [0.25, 0.3) is 5.91 Å². The van der Waals surface area contributed by atoms with E-state index >= 15 is 0 Å². The molecule has 0 spiro atoms. The predicted octanol–water partition coefficient (Wildman–Crippen LogP) is 2.71. The largest absolute Gasteiger partial charge is 0.486 e. The smallest absolute Gasteiger partial charge is 0.255 e. The van der Waals surface area contributed by atoms with E-state index in [-0.39, 0.29) is 5.91 Å². The van der Waals surface area contributed by atoms with Gasteiger partial charge in [-0.2, -0.15) is 0 Å². The van der Waals surface area contributed by atoms with Crippen LogP contribution < -0.4 is 19.7 Å². The Labute approximate surface area is 147 Å². The van der Waals surface area contributed by atoms with Gasteiger partial charge in [0.15, 0.2) is 11.5 Å². The summed E-state index contributed by atoms with van der Waals surface area (Å²) in [7, 11) is 0. The number of para-hydroxylation sites is 2. The third-order valence-electron chi connectivity index (χ3n) is 4.77. The first-order valence-electron chi connectivity index (χ1n) is 8.78. The molecule has 5 nitrogen and oxygen atoms in total. The maximum absolute atomic E-state index is 12.6. The van der Waals surface area contributed by atoms with Gasteiger partial charge in [-0.3, -0.25) is 4.79 Å². The average molecular weight is 338 g/mol. The molecule has 0 aliphatic carbocycles. The fraction of sp³-hybridized carbons (Fsp3) is 0.350. The van der Waals surface area contributed by atoms with E-state index in [2.05, 4.69) is 34.5 Å². The topological polar surface area (TPSA) is 50.8 Å². The molecular formula is C20H22N2O3. The number of ether oxygens (including phenoxy) is 2. The minimum atomic E-state index is -0.0967. The second-order valence-electron chi connectivity index (χ2n) is 6.48. The Hall–Kier alpha value is -2.69. The van der Waals surface area contributed by atoms with E-state index in [0.717, 1.165) is 19.5 Å². The number of anilines is 1. The SMILES string of the molecule is O=C(NC[C@@H]1CCN(c2ccccc2)C1)c1cccc2c1OCCO2. The van der Waals surface area contributed by atoms with Crippen LogP contribution in [0.25, 0.3) is 0 Å². The summed E-state index contributed by atoms with van der Waals surface area (Å²) in [5.74, 6) is 1.57. The molecular weight excluding hydrogens is 316 g/mol. The van der Waals surface area contributed by atoms with Gasteiger partial charge in [-0.25, -0.2) is 0 Å². The molecule has 0 radical (unpaired) electrons. The summed E-state index contributed by atoms with van der Waals surface area (Å²) >= 11 is 0. The highest BCUT2D eigenvalue weighted by atomic mass is 16.6. The monoisotopic (exact) mass is 338 g/mol. The van der Waals surface area contributed by atoms with Crippen molar-refractivity contribution in [2.24, 2.45) is 5.92 Å². The van der Waals surface area contributed by atoms with Gasteiger partial charge in [0.2, 0.25) is 0 Å². The summed E-state index contributed by atoms with van der Waals surface area (Å²) < 4.78 is 11.2. The highest BCUT2D eigenvalue weighted by Gasteiger charge is 2.25. The first kappa shape index (κ1) is 15.8. The Morgan fingerprint density at radius 3 is 2.80 bits per heavy atom. The lowest BCUT2D eigenvalue weighted by Crippen LogP contribution is -2.31. The van der Waals surface area contributed by atoms with Gasteiger partial charge in [0.1, 0.15) is 13.2 Å². The van der Waals surface area contributed by atoms with Gasteiger partial charge in [-0.15, -0.1) is 0 Å². The van der Waals surface area contributed by atoms with Crippen LogP contribution in [0.5, 0.6) is 11.5 Å². The quantitative estimate of drug-likeness (QED) is 0.931. The lowest BCUT2D eigenvalue weighted by Gasteiger charge is -2.21. The Balaban J connectivity index is 1.36. The number of carbonyl (C=O) groups is 1. The zero-order valence-electron chi connectivity index (χ0n) is 14.1. The van der Waals surface area contributed by atoms with Gasteiger partial charge in [0.05, 0.1) is 5.56 Å². The molecule has 0 aromatic heterocycles. The average Bonchev–Trinajstić information content (AvgIpc) is 3.15. The van der Waals surface area contributed by atoms with Crippen LogP contribution >= 0.6 is 0 Å². The standard InChI is InChI=1S/C20H22N2O3/c23-20(17-7-4-8-18-19(17)25-12-11-24-18)21-13-15-9-10-22(14-15)16-5-2-1-3-6-16/h1-8,15H,9-14H2,(H,21,23)/t15-/m0/s1. The normalized spacial score (nSPS) is 18.9. The number of carbonyl (C=O) groups excluding carboxylic acids is 1. The molecule has 2 aromatic carbocycles. The van der Waals surface area contributed by atoms with E-state index in [4.69, 9.17) is 9.47 Å². The Bertz CT molecular complexity index is 748. The minimum absolute atomic E-state index is 0.0967. The summed E-state index contributed by atoms with van der Waals surface area (Å²) in [6, 6.07) is 15.9. The predicted molar refractivity (Wildman–Crippen MR) is 96.5 cm³/mol. The van der Waals surface area contributed by atoms with E-state index < -0.39 is 0 Å². The van der Waals surface area contributed by atoms with Crippen LogP contribution in [-0.2, 0) is 0 Å². The second-order valence-corrected chi connectivity index (χ2v) is 6.48. The molecule has 2 aromatic rings. The van der Waals surface area contributed by atoms with Crippen LogP contribution in [0.2, 0.25) is 0 Å². The zero-order valence-corrected chi connectivity index (χ0v) is 14.1. The van der Waals surface area contributed by atoms with E-state index in [1.807, 2.05) is 18.2 Å². The summed E-state index contributed by atoms with van der Waals surface area (Å²) in [6.45, 7) is 3.67. The summed E-state index contributed by atoms with van der Waals surface area (Å²) in [5, 5.41) is 3.06. The molecule has 1 N–H and O–H groups in total. The van der Waals surface area contributed by atoms with Crippen molar-refractivity contribution < 1.29 is 14.3 Å². The van der Waals surface area contributed by atoms with Crippen LogP contribution in [0.15, 0.2) is 48.5 Å². The van der Waals surface area contributed by atoms with Crippen molar-refractivity contribution in [2.45, 2.75) is 6.42 Å². The molecule has 1 atom stereocenters. The van der Waals surface area contributed by atoms with Crippen molar-refractivity contribution in [2.75, 3.05) is 37.7 Å². The molecule has 25 heavy (non-hydrogen) atoms. The van der Waals surface area contributed by atoms with Crippen molar-refractivity contribution in [3.63, 3.8) is 0 Å². The first-order chi connectivity index (χ1) is 12.3. The fourth-order valence-electron chi connectivity index (χ4n) is 3.46. The number of benzene rings is 2. The first-order valence-corrected chi connectivity index (χ1v) is 8.78. The van der Waals surface area contributed by atoms with Crippen molar-refractivity contribution >= 4 is 11.6 Å². The van der Waals surface area contributed by atoms with E-state index in [9.17, 15) is 4.79 Å². The molecule has 0 unspecified atom stereocenters. The number of rotatable bonds is 4. The molecule has 4 rings (SSSR count). The third-order valence-corrected chi connectivity index (χ3v) is 4.77. The van der Waals surface area contributed by atoms with Gasteiger partial charge in [0, 0.05) is 25.3 Å². The lowest BCUT2D eigenvalue weighted by molar-refractivity contribution is 0.0937. The number of hydrogen-bond donors (Lipinski definition) is 1. The molecule has 2 aliphatic rings. The van der Waals surface area contributed by atoms with Crippen LogP contribution in [0.3, 0.4) is 0 Å². The molecule has 0 bridgehead atoms. The minimum Gasteiger partial charge on any atom is -0.486 e. The molecule has 5 heteroatoms. The number of nitrogens with zero attached hydrogens (tertiary/aromatic N) is 1. The van der Waals surface area contributed by atoms with E-state index in [1.165, 1.54) is 5.69 Å². The van der Waals surface area contributed by atoms with Crippen molar-refractivity contribution in [3.8, 4) is 11.5 Å². The van der Waals surface area contributed by atoms with Gasteiger partial charge in [-0.05, 0) is 36.6 Å². The van der Waals surface area contributed by atoms with E-state index in [0.29, 0.717) is 42.7 Å². The van der Waals surface area contributed by atoms with Gasteiger partial charge in [-0.1, -0.05) is 24.3 Å². The van der Waals surface area contributed by atoms with Crippen LogP contribution in [-0.4, -0.2) is 38.8 Å². The van der Waals surface area contributed by atoms with Crippen LogP contribution in [0, 0.1) is 5.92 Å². The molecule has 0 saturated carbocycles. The van der Waals surface area contributed by atoms with Crippen LogP contribution in [0.4, 0.5) is 5.69 Å². The fourth-order valence-corrected chi connectivity index (χ4v) is 3.46. The van der Waals surface area contributed by atoms with Crippen molar-refractivity contribution in [3.05, 3.63) is 54.1 Å². The lowest BCUT2D eigenvalue weighted by atomic mass is 10.1. The van der Waals surface area contributed by atoms with Crippen molar-refractivity contribution in [1.29, 1.82) is 0 Å². The molecule has 2 aliphatic heterocycles. The molecule has 1 saturated heterocycles. The number of fused-ring (bicyclic) bond motifs is 1. The number of hydrogen-bond acceptors (Lipinski definition) is 4. The van der Waals surface area contributed by atoms with Crippen molar-refractivity contribution in [1.82, 2.24) is 5.32 Å². The molecule has 2 heterocycles. The maximum atomic E-state index is 12.6. The highest BCUT2D eigenvalue weighted by Crippen LogP contribution is 2.33. The molecule has 130 valence electrons. The highest BCUT2D eigenvalue weighted by molar-refractivity contribution is 5.97. The summed E-state index contributed by atoms with van der Waals surface area (Å²) in [5.41, 5.74) is 1.80. The zero-order chi connectivity index (χ0) is 17.1. The number of nitrogens with one attached hydrogen (secondary N) is 1. The third kappa shape index (κ3) is 3.40.